The van der Waals surface area contributed by atoms with Gasteiger partial charge in [0.25, 0.3) is 5.56 Å². The Morgan fingerprint density at radius 1 is 1.40 bits per heavy atom. The van der Waals surface area contributed by atoms with Crippen LogP contribution in [0, 0.1) is 20.8 Å². The molecular formula is C16H18N4O3S2. The van der Waals surface area contributed by atoms with Gasteiger partial charge in [0, 0.05) is 18.0 Å². The quantitative estimate of drug-likeness (QED) is 0.554. The van der Waals surface area contributed by atoms with E-state index >= 15 is 0 Å². The van der Waals surface area contributed by atoms with E-state index < -0.39 is 5.25 Å². The van der Waals surface area contributed by atoms with Crippen molar-refractivity contribution in [2.75, 3.05) is 5.32 Å². The first kappa shape index (κ1) is 17.7. The van der Waals surface area contributed by atoms with Crippen molar-refractivity contribution >= 4 is 45.0 Å². The number of thioether (sulfide) groups is 1. The number of amides is 1. The van der Waals surface area contributed by atoms with Crippen molar-refractivity contribution in [1.29, 1.82) is 0 Å². The number of carbonyl (C=O) groups excluding carboxylic acids is 1. The van der Waals surface area contributed by atoms with E-state index in [0.717, 1.165) is 10.4 Å². The van der Waals surface area contributed by atoms with Crippen molar-refractivity contribution in [3.63, 3.8) is 0 Å². The third-order valence-electron chi connectivity index (χ3n) is 3.90. The minimum absolute atomic E-state index is 0.0888. The summed E-state index contributed by atoms with van der Waals surface area (Å²) in [5, 5.41) is 7.15. The Labute approximate surface area is 152 Å². The van der Waals surface area contributed by atoms with Crippen LogP contribution in [0.3, 0.4) is 0 Å². The van der Waals surface area contributed by atoms with Gasteiger partial charge < -0.3 is 9.84 Å². The highest BCUT2D eigenvalue weighted by Gasteiger charge is 2.21. The molecule has 3 aromatic rings. The molecule has 9 heteroatoms. The fraction of sp³-hybridized carbons (Fsp3) is 0.375. The first-order valence-electron chi connectivity index (χ1n) is 7.65. The molecule has 0 aliphatic rings. The lowest BCUT2D eigenvalue weighted by Crippen LogP contribution is -2.25. The van der Waals surface area contributed by atoms with Gasteiger partial charge in [-0.2, -0.15) is 0 Å². The summed E-state index contributed by atoms with van der Waals surface area (Å²) in [6.45, 7) is 7.42. The van der Waals surface area contributed by atoms with Crippen molar-refractivity contribution in [1.82, 2.24) is 14.7 Å². The molecule has 1 amide bonds. The Balaban J connectivity index is 1.85. The number of anilines is 1. The topological polar surface area (TPSA) is 90.0 Å². The summed E-state index contributed by atoms with van der Waals surface area (Å²) < 4.78 is 6.43. The van der Waals surface area contributed by atoms with Crippen molar-refractivity contribution in [2.24, 2.45) is 7.05 Å². The number of nitrogens with zero attached hydrogens (tertiary/aromatic N) is 3. The molecule has 0 saturated carbocycles. The highest BCUT2D eigenvalue weighted by atomic mass is 32.2. The largest absolute Gasteiger partial charge is 0.360 e. The molecule has 0 bridgehead atoms. The molecule has 1 N–H and O–H groups in total. The first-order valence-corrected chi connectivity index (χ1v) is 9.35. The molecule has 3 aromatic heterocycles. The van der Waals surface area contributed by atoms with E-state index in [-0.39, 0.29) is 11.5 Å². The van der Waals surface area contributed by atoms with Gasteiger partial charge in [-0.05, 0) is 33.3 Å². The standard InChI is InChI=1S/C16H18N4O3S2/c1-7-6-11(19-23-7)17-13(21)10(4)25-16-18-14-12(15(22)20(16)5)8(2)9(3)24-14/h6,10H,1-5H3,(H,17,19,21)/t10-/m1/s1. The number of carbonyl (C=O) groups is 1. The summed E-state index contributed by atoms with van der Waals surface area (Å²) in [5.41, 5.74) is 0.880. The molecule has 0 aromatic carbocycles. The highest BCUT2D eigenvalue weighted by Crippen LogP contribution is 2.29. The summed E-state index contributed by atoms with van der Waals surface area (Å²) in [4.78, 5) is 31.3. The number of rotatable bonds is 4. The van der Waals surface area contributed by atoms with Gasteiger partial charge in [0.15, 0.2) is 11.0 Å². The van der Waals surface area contributed by atoms with E-state index in [0.29, 0.717) is 27.0 Å². The van der Waals surface area contributed by atoms with Crippen LogP contribution in [0.5, 0.6) is 0 Å². The summed E-state index contributed by atoms with van der Waals surface area (Å²) in [6.07, 6.45) is 0. The van der Waals surface area contributed by atoms with Crippen LogP contribution in [0.2, 0.25) is 0 Å². The van der Waals surface area contributed by atoms with Crippen LogP contribution >= 0.6 is 23.1 Å². The Morgan fingerprint density at radius 2 is 2.12 bits per heavy atom. The zero-order valence-corrected chi connectivity index (χ0v) is 16.2. The number of fused-ring (bicyclic) bond motifs is 1. The van der Waals surface area contributed by atoms with Gasteiger partial charge in [-0.25, -0.2) is 4.98 Å². The van der Waals surface area contributed by atoms with Crippen LogP contribution in [0.1, 0.15) is 23.1 Å². The van der Waals surface area contributed by atoms with E-state index in [2.05, 4.69) is 15.5 Å². The number of thiophene rings is 1. The molecule has 7 nitrogen and oxygen atoms in total. The zero-order valence-electron chi connectivity index (χ0n) is 14.5. The van der Waals surface area contributed by atoms with Crippen LogP contribution in [0.4, 0.5) is 5.82 Å². The van der Waals surface area contributed by atoms with E-state index in [4.69, 9.17) is 4.52 Å². The maximum Gasteiger partial charge on any atom is 0.262 e. The van der Waals surface area contributed by atoms with Gasteiger partial charge in [-0.3, -0.25) is 14.2 Å². The maximum atomic E-state index is 12.6. The van der Waals surface area contributed by atoms with E-state index in [1.807, 2.05) is 13.8 Å². The fourth-order valence-electron chi connectivity index (χ4n) is 2.33. The second-order valence-corrected chi connectivity index (χ2v) is 8.31. The minimum atomic E-state index is -0.449. The van der Waals surface area contributed by atoms with Gasteiger partial charge in [-0.15, -0.1) is 11.3 Å². The van der Waals surface area contributed by atoms with Gasteiger partial charge in [0.2, 0.25) is 5.91 Å². The molecule has 0 fully saturated rings. The monoisotopic (exact) mass is 378 g/mol. The molecule has 25 heavy (non-hydrogen) atoms. The van der Waals surface area contributed by atoms with Crippen molar-refractivity contribution in [3.05, 3.63) is 32.6 Å². The third-order valence-corrected chi connectivity index (χ3v) is 6.14. The minimum Gasteiger partial charge on any atom is -0.360 e. The molecule has 132 valence electrons. The molecule has 0 spiro atoms. The lowest BCUT2D eigenvalue weighted by molar-refractivity contribution is -0.115. The molecule has 0 aliphatic heterocycles. The van der Waals surface area contributed by atoms with Gasteiger partial charge >= 0.3 is 0 Å². The van der Waals surface area contributed by atoms with Gasteiger partial charge in [0.1, 0.15) is 10.6 Å². The first-order chi connectivity index (χ1) is 11.8. The maximum absolute atomic E-state index is 12.6. The Morgan fingerprint density at radius 3 is 2.76 bits per heavy atom. The lowest BCUT2D eigenvalue weighted by Gasteiger charge is -2.12. The van der Waals surface area contributed by atoms with Gasteiger partial charge in [0.05, 0.1) is 10.6 Å². The second-order valence-electron chi connectivity index (χ2n) is 5.79. The molecule has 0 radical (unpaired) electrons. The third kappa shape index (κ3) is 3.34. The molecule has 1 atom stereocenters. The normalized spacial score (nSPS) is 12.5. The molecule has 3 rings (SSSR count). The average Bonchev–Trinajstić information content (AvgIpc) is 3.08. The van der Waals surface area contributed by atoms with Crippen molar-refractivity contribution in [3.8, 4) is 0 Å². The average molecular weight is 378 g/mol. The predicted octanol–water partition coefficient (Wildman–Crippen LogP) is 3.03. The summed E-state index contributed by atoms with van der Waals surface area (Å²) in [6, 6.07) is 1.65. The van der Waals surface area contributed by atoms with E-state index in [9.17, 15) is 9.59 Å². The van der Waals surface area contributed by atoms with Crippen LogP contribution in [-0.2, 0) is 11.8 Å². The smallest absolute Gasteiger partial charge is 0.262 e. The SMILES string of the molecule is Cc1cc(NC(=O)[C@@H](C)Sc2nc3sc(C)c(C)c3c(=O)n2C)no1. The van der Waals surface area contributed by atoms with Crippen molar-refractivity contribution in [2.45, 2.75) is 38.1 Å². The predicted molar refractivity (Wildman–Crippen MR) is 99.5 cm³/mol. The number of nitrogens with one attached hydrogen (secondary N) is 1. The van der Waals surface area contributed by atoms with Crippen LogP contribution in [0.15, 0.2) is 20.5 Å². The number of aromatic nitrogens is 3. The zero-order chi connectivity index (χ0) is 18.3. The molecule has 3 heterocycles. The van der Waals surface area contributed by atoms with Crippen LogP contribution in [-0.4, -0.2) is 25.9 Å². The van der Waals surface area contributed by atoms with E-state index in [1.165, 1.54) is 27.7 Å². The van der Waals surface area contributed by atoms with E-state index in [1.54, 1.807) is 27.0 Å². The molecule has 0 aliphatic carbocycles. The Bertz CT molecular complexity index is 1020. The fourth-order valence-corrected chi connectivity index (χ4v) is 4.27. The van der Waals surface area contributed by atoms with Crippen molar-refractivity contribution < 1.29 is 9.32 Å². The lowest BCUT2D eigenvalue weighted by atomic mass is 10.2. The molecule has 0 saturated heterocycles. The summed E-state index contributed by atoms with van der Waals surface area (Å²) in [7, 11) is 1.68. The Hall–Kier alpha value is -2.13. The summed E-state index contributed by atoms with van der Waals surface area (Å²) in [5.74, 6) is 0.761. The number of hydrogen-bond donors (Lipinski definition) is 1. The van der Waals surface area contributed by atoms with Crippen LogP contribution < -0.4 is 10.9 Å². The molecule has 0 unspecified atom stereocenters. The van der Waals surface area contributed by atoms with Gasteiger partial charge in [-0.1, -0.05) is 16.9 Å². The highest BCUT2D eigenvalue weighted by molar-refractivity contribution is 8.00. The number of hydrogen-bond acceptors (Lipinski definition) is 7. The number of aryl methyl sites for hydroxylation is 3. The Kier molecular flexibility index (Phi) is 4.70. The molecular weight excluding hydrogens is 360 g/mol. The summed E-state index contributed by atoms with van der Waals surface area (Å²) >= 11 is 2.73. The second kappa shape index (κ2) is 6.64. The van der Waals surface area contributed by atoms with Crippen LogP contribution in [0.25, 0.3) is 10.2 Å².